The smallest absolute Gasteiger partial charge is 0.271 e. The lowest BCUT2D eigenvalue weighted by atomic mass is 10.2. The fraction of sp³-hybridized carbons (Fsp3) is 0.400. The summed E-state index contributed by atoms with van der Waals surface area (Å²) in [4.78, 5) is 22.5. The zero-order chi connectivity index (χ0) is 15.4. The monoisotopic (exact) mass is 298 g/mol. The number of carbonyl (C=O) groups is 1. The fourth-order valence-corrected chi connectivity index (χ4v) is 2.32. The SMILES string of the molecule is CCCCCNC(=O)c1cc2c(nn1)N1CC=NC=C1C=N2. The van der Waals surface area contributed by atoms with E-state index in [0.717, 1.165) is 25.0 Å². The minimum absolute atomic E-state index is 0.205. The van der Waals surface area contributed by atoms with Gasteiger partial charge in [-0.1, -0.05) is 19.8 Å². The molecule has 2 aliphatic rings. The first-order valence-corrected chi connectivity index (χ1v) is 7.49. The predicted molar refractivity (Wildman–Crippen MR) is 86.0 cm³/mol. The van der Waals surface area contributed by atoms with E-state index in [1.165, 1.54) is 0 Å². The minimum atomic E-state index is -0.205. The van der Waals surface area contributed by atoms with Gasteiger partial charge in [-0.05, 0) is 6.42 Å². The summed E-state index contributed by atoms with van der Waals surface area (Å²) in [5.74, 6) is 0.450. The van der Waals surface area contributed by atoms with Gasteiger partial charge in [-0.15, -0.1) is 10.2 Å². The van der Waals surface area contributed by atoms with Crippen molar-refractivity contribution in [2.75, 3.05) is 18.0 Å². The van der Waals surface area contributed by atoms with Gasteiger partial charge in [0, 0.05) is 18.8 Å². The van der Waals surface area contributed by atoms with Gasteiger partial charge in [-0.2, -0.15) is 0 Å². The van der Waals surface area contributed by atoms with Crippen LogP contribution >= 0.6 is 0 Å². The summed E-state index contributed by atoms with van der Waals surface area (Å²) in [6.45, 7) is 3.41. The average molecular weight is 298 g/mol. The number of allylic oxidation sites excluding steroid dienone is 1. The Morgan fingerprint density at radius 3 is 3.14 bits per heavy atom. The van der Waals surface area contributed by atoms with Gasteiger partial charge in [0.05, 0.1) is 24.7 Å². The highest BCUT2D eigenvalue weighted by molar-refractivity contribution is 5.97. The number of fused-ring (bicyclic) bond motifs is 3. The van der Waals surface area contributed by atoms with E-state index in [-0.39, 0.29) is 5.91 Å². The Morgan fingerprint density at radius 2 is 2.27 bits per heavy atom. The molecule has 0 aromatic carbocycles. The lowest BCUT2D eigenvalue weighted by Gasteiger charge is -2.27. The van der Waals surface area contributed by atoms with Crippen LogP contribution in [0.1, 0.15) is 36.7 Å². The first kappa shape index (κ1) is 14.4. The zero-order valence-electron chi connectivity index (χ0n) is 12.5. The molecule has 1 aromatic heterocycles. The molecule has 7 nitrogen and oxygen atoms in total. The highest BCUT2D eigenvalue weighted by Gasteiger charge is 2.23. The van der Waals surface area contributed by atoms with E-state index in [2.05, 4.69) is 32.4 Å². The van der Waals surface area contributed by atoms with E-state index >= 15 is 0 Å². The molecule has 0 fully saturated rings. The van der Waals surface area contributed by atoms with E-state index in [1.54, 1.807) is 24.7 Å². The highest BCUT2D eigenvalue weighted by Crippen LogP contribution is 2.32. The van der Waals surface area contributed by atoms with Crippen LogP contribution in [-0.2, 0) is 0 Å². The van der Waals surface area contributed by atoms with Crippen LogP contribution in [0, 0.1) is 0 Å². The molecule has 0 atom stereocenters. The van der Waals surface area contributed by atoms with E-state index < -0.39 is 0 Å². The molecular weight excluding hydrogens is 280 g/mol. The second-order valence-electron chi connectivity index (χ2n) is 5.16. The van der Waals surface area contributed by atoms with Crippen LogP contribution < -0.4 is 10.2 Å². The van der Waals surface area contributed by atoms with Crippen LogP contribution in [-0.4, -0.2) is 41.6 Å². The van der Waals surface area contributed by atoms with Crippen LogP contribution in [0.4, 0.5) is 11.5 Å². The largest absolute Gasteiger partial charge is 0.351 e. The van der Waals surface area contributed by atoms with Gasteiger partial charge in [0.15, 0.2) is 11.5 Å². The number of anilines is 1. The van der Waals surface area contributed by atoms with Crippen molar-refractivity contribution in [3.8, 4) is 0 Å². The maximum Gasteiger partial charge on any atom is 0.271 e. The Labute approximate surface area is 128 Å². The Kier molecular flexibility index (Phi) is 4.22. The summed E-state index contributed by atoms with van der Waals surface area (Å²) in [7, 11) is 0. The van der Waals surface area contributed by atoms with Gasteiger partial charge in [0.1, 0.15) is 5.69 Å². The first-order valence-electron chi connectivity index (χ1n) is 7.49. The first-order chi connectivity index (χ1) is 10.8. The van der Waals surface area contributed by atoms with Crippen LogP contribution in [0.5, 0.6) is 0 Å². The summed E-state index contributed by atoms with van der Waals surface area (Å²) < 4.78 is 0. The molecule has 0 radical (unpaired) electrons. The Hall–Kier alpha value is -2.57. The zero-order valence-corrected chi connectivity index (χ0v) is 12.5. The average Bonchev–Trinajstić information content (AvgIpc) is 2.58. The van der Waals surface area contributed by atoms with Crippen molar-refractivity contribution in [1.82, 2.24) is 15.5 Å². The van der Waals surface area contributed by atoms with Crippen LogP contribution in [0.2, 0.25) is 0 Å². The standard InChI is InChI=1S/C15H18N6O/c1-2-3-4-5-17-15(22)13-8-12-14(20-19-13)21-7-6-16-9-11(21)10-18-12/h6,8-10H,2-5,7H2,1H3,(H,17,22). The molecule has 0 spiro atoms. The van der Waals surface area contributed by atoms with Crippen LogP contribution in [0.15, 0.2) is 27.9 Å². The molecule has 7 heteroatoms. The molecule has 0 saturated carbocycles. The maximum atomic E-state index is 12.1. The highest BCUT2D eigenvalue weighted by atomic mass is 16.1. The van der Waals surface area contributed by atoms with Crippen LogP contribution in [0.25, 0.3) is 0 Å². The fourth-order valence-electron chi connectivity index (χ4n) is 2.32. The Balaban J connectivity index is 1.73. The number of rotatable bonds is 5. The molecule has 3 heterocycles. The molecule has 114 valence electrons. The predicted octanol–water partition coefficient (Wildman–Crippen LogP) is 1.84. The molecule has 1 N–H and O–H groups in total. The molecule has 22 heavy (non-hydrogen) atoms. The molecule has 3 rings (SSSR count). The van der Waals surface area contributed by atoms with Gasteiger partial charge >= 0.3 is 0 Å². The van der Waals surface area contributed by atoms with Gasteiger partial charge in [0.25, 0.3) is 5.91 Å². The van der Waals surface area contributed by atoms with Crippen molar-refractivity contribution < 1.29 is 4.79 Å². The minimum Gasteiger partial charge on any atom is -0.351 e. The van der Waals surface area contributed by atoms with E-state index in [1.807, 2.05) is 4.90 Å². The van der Waals surface area contributed by atoms with Crippen molar-refractivity contribution in [2.45, 2.75) is 26.2 Å². The number of aromatic nitrogens is 2. The molecule has 0 bridgehead atoms. The molecular formula is C15H18N6O. The molecule has 0 unspecified atom stereocenters. The van der Waals surface area contributed by atoms with Crippen molar-refractivity contribution >= 4 is 29.8 Å². The quantitative estimate of drug-likeness (QED) is 0.841. The molecule has 0 aliphatic carbocycles. The second kappa shape index (κ2) is 6.46. The van der Waals surface area contributed by atoms with Gasteiger partial charge in [-0.25, -0.2) is 0 Å². The molecule has 2 aliphatic heterocycles. The molecule has 1 aromatic rings. The lowest BCUT2D eigenvalue weighted by molar-refractivity contribution is 0.0947. The second-order valence-corrected chi connectivity index (χ2v) is 5.16. The number of hydrogen-bond acceptors (Lipinski definition) is 6. The number of hydrogen-bond donors (Lipinski definition) is 1. The third kappa shape index (κ3) is 2.88. The van der Waals surface area contributed by atoms with Crippen molar-refractivity contribution in [1.29, 1.82) is 0 Å². The Bertz CT molecular complexity index is 664. The maximum absolute atomic E-state index is 12.1. The van der Waals surface area contributed by atoms with Gasteiger partial charge in [0.2, 0.25) is 0 Å². The lowest BCUT2D eigenvalue weighted by Crippen LogP contribution is -2.31. The summed E-state index contributed by atoms with van der Waals surface area (Å²) in [5, 5.41) is 11.1. The van der Waals surface area contributed by atoms with Crippen molar-refractivity contribution in [3.05, 3.63) is 23.7 Å². The third-order valence-electron chi connectivity index (χ3n) is 3.53. The molecule has 0 saturated heterocycles. The number of carbonyl (C=O) groups excluding carboxylic acids is 1. The summed E-state index contributed by atoms with van der Waals surface area (Å²) in [6, 6.07) is 1.68. The topological polar surface area (TPSA) is 82.8 Å². The summed E-state index contributed by atoms with van der Waals surface area (Å²) in [5.41, 5.74) is 1.83. The normalized spacial score (nSPS) is 15.1. The van der Waals surface area contributed by atoms with Gasteiger partial charge in [-0.3, -0.25) is 14.8 Å². The van der Waals surface area contributed by atoms with E-state index in [9.17, 15) is 4.79 Å². The Morgan fingerprint density at radius 1 is 1.36 bits per heavy atom. The van der Waals surface area contributed by atoms with Crippen molar-refractivity contribution in [3.63, 3.8) is 0 Å². The molecule has 1 amide bonds. The number of unbranched alkanes of at least 4 members (excludes halogenated alkanes) is 2. The van der Waals surface area contributed by atoms with Gasteiger partial charge < -0.3 is 10.2 Å². The number of nitrogens with one attached hydrogen (secondary N) is 1. The summed E-state index contributed by atoms with van der Waals surface area (Å²) in [6.07, 6.45) is 8.45. The van der Waals surface area contributed by atoms with E-state index in [4.69, 9.17) is 0 Å². The van der Waals surface area contributed by atoms with Crippen molar-refractivity contribution in [2.24, 2.45) is 9.98 Å². The third-order valence-corrected chi connectivity index (χ3v) is 3.53. The number of amides is 1. The number of nitrogens with zero attached hydrogens (tertiary/aromatic N) is 5. The number of aliphatic imine (C=N–C) groups is 2. The van der Waals surface area contributed by atoms with Crippen LogP contribution in [0.3, 0.4) is 0 Å². The van der Waals surface area contributed by atoms with E-state index in [0.29, 0.717) is 30.3 Å². The summed E-state index contributed by atoms with van der Waals surface area (Å²) >= 11 is 0.